The number of aryl methyl sites for hydroxylation is 1. The number of benzene rings is 2. The van der Waals surface area contributed by atoms with E-state index in [0.717, 1.165) is 30.0 Å². The smallest absolute Gasteiger partial charge is 0.323 e. The van der Waals surface area contributed by atoms with Gasteiger partial charge in [-0.25, -0.2) is 4.79 Å². The number of hydrogen-bond acceptors (Lipinski definition) is 3. The largest absolute Gasteiger partial charge is 0.494 e. The predicted molar refractivity (Wildman–Crippen MR) is 103 cm³/mol. The van der Waals surface area contributed by atoms with Crippen LogP contribution in [-0.4, -0.2) is 25.1 Å². The first-order valence-corrected chi connectivity index (χ1v) is 8.78. The highest BCUT2D eigenvalue weighted by molar-refractivity contribution is 6.00. The van der Waals surface area contributed by atoms with E-state index in [0.29, 0.717) is 24.4 Å². The van der Waals surface area contributed by atoms with Crippen molar-refractivity contribution in [3.8, 4) is 5.75 Å². The Morgan fingerprint density at radius 3 is 2.42 bits per heavy atom. The van der Waals surface area contributed by atoms with Crippen molar-refractivity contribution in [3.05, 3.63) is 48.0 Å². The van der Waals surface area contributed by atoms with Crippen molar-refractivity contribution in [3.63, 3.8) is 0 Å². The minimum atomic E-state index is -0.321. The van der Waals surface area contributed by atoms with Crippen LogP contribution in [-0.2, 0) is 4.79 Å². The summed E-state index contributed by atoms with van der Waals surface area (Å²) in [5.41, 5.74) is 3.23. The lowest BCUT2D eigenvalue weighted by molar-refractivity contribution is -0.117. The van der Waals surface area contributed by atoms with Crippen molar-refractivity contribution in [1.82, 2.24) is 0 Å². The van der Waals surface area contributed by atoms with E-state index in [1.807, 2.05) is 44.2 Å². The summed E-state index contributed by atoms with van der Waals surface area (Å²) in [7, 11) is 0. The summed E-state index contributed by atoms with van der Waals surface area (Å²) in [4.78, 5) is 25.9. The van der Waals surface area contributed by atoms with Gasteiger partial charge in [-0.2, -0.15) is 0 Å². The van der Waals surface area contributed by atoms with E-state index >= 15 is 0 Å². The average Bonchev–Trinajstić information content (AvgIpc) is 3.03. The van der Waals surface area contributed by atoms with Crippen LogP contribution in [0.25, 0.3) is 0 Å². The van der Waals surface area contributed by atoms with Crippen LogP contribution in [0.2, 0.25) is 0 Å². The molecule has 2 aromatic carbocycles. The molecule has 0 spiro atoms. The summed E-state index contributed by atoms with van der Waals surface area (Å²) in [5.74, 6) is 0.920. The Morgan fingerprint density at radius 1 is 1.12 bits per heavy atom. The lowest BCUT2D eigenvalue weighted by atomic mass is 10.1. The van der Waals surface area contributed by atoms with Crippen molar-refractivity contribution in [2.24, 2.45) is 0 Å². The first kappa shape index (κ1) is 17.8. The van der Waals surface area contributed by atoms with E-state index in [1.54, 1.807) is 17.0 Å². The monoisotopic (exact) mass is 353 g/mol. The molecule has 26 heavy (non-hydrogen) atoms. The van der Waals surface area contributed by atoms with Gasteiger partial charge in [-0.05, 0) is 68.3 Å². The number of urea groups is 1. The number of carbonyl (C=O) groups is 2. The summed E-state index contributed by atoms with van der Waals surface area (Å²) in [6.45, 7) is 5.22. The molecule has 1 saturated heterocycles. The van der Waals surface area contributed by atoms with E-state index in [1.165, 1.54) is 0 Å². The molecule has 136 valence electrons. The van der Waals surface area contributed by atoms with Crippen LogP contribution in [0.4, 0.5) is 21.9 Å². The molecule has 0 bridgehead atoms. The number of ether oxygens (including phenoxy) is 1. The van der Waals surface area contributed by atoms with Crippen molar-refractivity contribution in [2.75, 3.05) is 28.7 Å². The van der Waals surface area contributed by atoms with Crippen LogP contribution in [0.3, 0.4) is 0 Å². The van der Waals surface area contributed by atoms with Gasteiger partial charge in [-0.1, -0.05) is 0 Å². The predicted octanol–water partition coefficient (Wildman–Crippen LogP) is 4.16. The number of nitrogens with zero attached hydrogens (tertiary/aromatic N) is 1. The first-order valence-electron chi connectivity index (χ1n) is 8.78. The van der Waals surface area contributed by atoms with Gasteiger partial charge in [0.25, 0.3) is 0 Å². The van der Waals surface area contributed by atoms with Crippen molar-refractivity contribution >= 4 is 29.0 Å². The summed E-state index contributed by atoms with van der Waals surface area (Å²) in [6, 6.07) is 12.4. The van der Waals surface area contributed by atoms with Crippen LogP contribution >= 0.6 is 0 Å². The number of amides is 3. The zero-order valence-electron chi connectivity index (χ0n) is 15.0. The molecule has 6 nitrogen and oxygen atoms in total. The molecule has 1 aliphatic rings. The van der Waals surface area contributed by atoms with Gasteiger partial charge in [-0.3, -0.25) is 4.79 Å². The molecule has 1 fully saturated rings. The third-order valence-corrected chi connectivity index (χ3v) is 4.24. The molecule has 0 saturated carbocycles. The fraction of sp³-hybridized carbons (Fsp3) is 0.300. The van der Waals surface area contributed by atoms with Gasteiger partial charge in [-0.15, -0.1) is 0 Å². The van der Waals surface area contributed by atoms with Crippen LogP contribution < -0.4 is 20.3 Å². The number of nitrogens with one attached hydrogen (secondary N) is 2. The molecule has 6 heteroatoms. The van der Waals surface area contributed by atoms with E-state index in [9.17, 15) is 9.59 Å². The number of carbonyl (C=O) groups excluding carboxylic acids is 2. The molecular formula is C20H23N3O3. The lowest BCUT2D eigenvalue weighted by Gasteiger charge is -2.19. The highest BCUT2D eigenvalue weighted by Crippen LogP contribution is 2.27. The maximum absolute atomic E-state index is 12.2. The summed E-state index contributed by atoms with van der Waals surface area (Å²) in [5, 5.41) is 5.60. The van der Waals surface area contributed by atoms with E-state index in [2.05, 4.69) is 10.6 Å². The number of hydrogen-bond donors (Lipinski definition) is 2. The van der Waals surface area contributed by atoms with E-state index in [4.69, 9.17) is 4.74 Å². The summed E-state index contributed by atoms with van der Waals surface area (Å²) < 4.78 is 5.38. The lowest BCUT2D eigenvalue weighted by Crippen LogP contribution is -2.24. The van der Waals surface area contributed by atoms with Gasteiger partial charge in [0.05, 0.1) is 6.61 Å². The van der Waals surface area contributed by atoms with E-state index < -0.39 is 0 Å². The Kier molecular flexibility index (Phi) is 5.41. The quantitative estimate of drug-likeness (QED) is 0.848. The van der Waals surface area contributed by atoms with Crippen LogP contribution in [0.15, 0.2) is 42.5 Å². The second kappa shape index (κ2) is 7.91. The Bertz CT molecular complexity index is 802. The van der Waals surface area contributed by atoms with Crippen LogP contribution in [0.1, 0.15) is 25.3 Å². The van der Waals surface area contributed by atoms with E-state index in [-0.39, 0.29) is 11.9 Å². The molecule has 0 aromatic heterocycles. The molecule has 3 rings (SSSR count). The third-order valence-electron chi connectivity index (χ3n) is 4.24. The Balaban J connectivity index is 1.62. The van der Waals surface area contributed by atoms with Crippen molar-refractivity contribution in [2.45, 2.75) is 26.7 Å². The molecule has 0 atom stereocenters. The second-order valence-electron chi connectivity index (χ2n) is 6.19. The molecule has 0 radical (unpaired) electrons. The second-order valence-corrected chi connectivity index (χ2v) is 6.19. The molecule has 3 amide bonds. The highest BCUT2D eigenvalue weighted by Gasteiger charge is 2.23. The van der Waals surface area contributed by atoms with Crippen LogP contribution in [0.5, 0.6) is 5.75 Å². The Morgan fingerprint density at radius 2 is 1.81 bits per heavy atom. The highest BCUT2D eigenvalue weighted by atomic mass is 16.5. The Hall–Kier alpha value is -3.02. The topological polar surface area (TPSA) is 70.7 Å². The molecule has 0 unspecified atom stereocenters. The summed E-state index contributed by atoms with van der Waals surface area (Å²) >= 11 is 0. The molecular weight excluding hydrogens is 330 g/mol. The van der Waals surface area contributed by atoms with Crippen molar-refractivity contribution in [1.29, 1.82) is 0 Å². The average molecular weight is 353 g/mol. The number of rotatable bonds is 5. The van der Waals surface area contributed by atoms with Gasteiger partial charge in [0.1, 0.15) is 5.75 Å². The van der Waals surface area contributed by atoms with Crippen LogP contribution in [0, 0.1) is 6.92 Å². The van der Waals surface area contributed by atoms with Gasteiger partial charge in [0.15, 0.2) is 0 Å². The SMILES string of the molecule is CCOc1ccc(NC(=O)Nc2ccc(N3CCCC3=O)c(C)c2)cc1. The molecule has 0 aliphatic carbocycles. The van der Waals surface area contributed by atoms with Gasteiger partial charge < -0.3 is 20.3 Å². The van der Waals surface area contributed by atoms with Gasteiger partial charge >= 0.3 is 6.03 Å². The Labute approximate surface area is 153 Å². The normalized spacial score (nSPS) is 13.6. The number of anilines is 3. The fourth-order valence-corrected chi connectivity index (χ4v) is 3.03. The molecule has 2 N–H and O–H groups in total. The fourth-order valence-electron chi connectivity index (χ4n) is 3.03. The van der Waals surface area contributed by atoms with Gasteiger partial charge in [0, 0.05) is 30.0 Å². The standard InChI is InChI=1S/C20H23N3O3/c1-3-26-17-9-6-15(7-10-17)21-20(25)22-16-8-11-18(14(2)13-16)23-12-4-5-19(23)24/h6-11,13H,3-5,12H2,1-2H3,(H2,21,22,25). The van der Waals surface area contributed by atoms with Gasteiger partial charge in [0.2, 0.25) is 5.91 Å². The zero-order valence-corrected chi connectivity index (χ0v) is 15.0. The summed E-state index contributed by atoms with van der Waals surface area (Å²) in [6.07, 6.45) is 1.49. The first-order chi connectivity index (χ1) is 12.6. The molecule has 1 heterocycles. The third kappa shape index (κ3) is 4.14. The molecule has 2 aromatic rings. The van der Waals surface area contributed by atoms with Crippen molar-refractivity contribution < 1.29 is 14.3 Å². The maximum atomic E-state index is 12.2. The minimum absolute atomic E-state index is 0.155. The minimum Gasteiger partial charge on any atom is -0.494 e. The maximum Gasteiger partial charge on any atom is 0.323 e. The zero-order chi connectivity index (χ0) is 18.5. The molecule has 1 aliphatic heterocycles.